The fourth-order valence-corrected chi connectivity index (χ4v) is 1.55. The molecule has 1 N–H and O–H groups in total. The predicted molar refractivity (Wildman–Crippen MR) is 66.4 cm³/mol. The lowest BCUT2D eigenvalue weighted by atomic mass is 10.1. The number of esters is 1. The van der Waals surface area contributed by atoms with E-state index in [0.717, 1.165) is 5.56 Å². The van der Waals surface area contributed by atoms with E-state index in [1.54, 1.807) is 31.2 Å². The molecule has 1 aromatic carbocycles. The fraction of sp³-hybridized carbons (Fsp3) is 0.385. The van der Waals surface area contributed by atoms with Crippen molar-refractivity contribution in [2.24, 2.45) is 0 Å². The smallest absolute Gasteiger partial charge is 0.335 e. The first-order valence-corrected chi connectivity index (χ1v) is 5.69. The number of nitrogens with zero attached hydrogens (tertiary/aromatic N) is 1. The molecule has 0 atom stereocenters. The molecule has 0 spiro atoms. The van der Waals surface area contributed by atoms with Gasteiger partial charge in [-0.3, -0.25) is 9.69 Å². The van der Waals surface area contributed by atoms with Gasteiger partial charge in [0.05, 0.1) is 18.7 Å². The highest BCUT2D eigenvalue weighted by Crippen LogP contribution is 2.06. The summed E-state index contributed by atoms with van der Waals surface area (Å²) in [5, 5.41) is 8.76. The summed E-state index contributed by atoms with van der Waals surface area (Å²) in [6.45, 7) is 2.93. The second-order valence-corrected chi connectivity index (χ2v) is 3.98. The molecule has 0 saturated heterocycles. The second kappa shape index (κ2) is 6.76. The Morgan fingerprint density at radius 1 is 1.28 bits per heavy atom. The van der Waals surface area contributed by atoms with Crippen molar-refractivity contribution in [3.63, 3.8) is 0 Å². The average Bonchev–Trinajstić information content (AvgIpc) is 2.29. The molecule has 0 heterocycles. The van der Waals surface area contributed by atoms with E-state index in [9.17, 15) is 9.59 Å². The highest BCUT2D eigenvalue weighted by atomic mass is 16.5. The molecule has 0 aromatic heterocycles. The number of hydrogen-bond donors (Lipinski definition) is 1. The summed E-state index contributed by atoms with van der Waals surface area (Å²) < 4.78 is 4.84. The molecule has 5 heteroatoms. The quantitative estimate of drug-likeness (QED) is 0.774. The van der Waals surface area contributed by atoms with Gasteiger partial charge in [0.25, 0.3) is 0 Å². The van der Waals surface area contributed by atoms with E-state index in [-0.39, 0.29) is 18.1 Å². The zero-order valence-electron chi connectivity index (χ0n) is 10.5. The first-order valence-electron chi connectivity index (χ1n) is 5.69. The van der Waals surface area contributed by atoms with Crippen LogP contribution in [0.2, 0.25) is 0 Å². The van der Waals surface area contributed by atoms with Gasteiger partial charge < -0.3 is 9.84 Å². The third-order valence-corrected chi connectivity index (χ3v) is 2.36. The lowest BCUT2D eigenvalue weighted by Crippen LogP contribution is -2.27. The van der Waals surface area contributed by atoms with Crippen LogP contribution >= 0.6 is 0 Å². The molecule has 0 bridgehead atoms. The summed E-state index contributed by atoms with van der Waals surface area (Å²) in [6.07, 6.45) is 0. The van der Waals surface area contributed by atoms with E-state index in [1.807, 2.05) is 11.9 Å². The minimum absolute atomic E-state index is 0.217. The van der Waals surface area contributed by atoms with Gasteiger partial charge in [-0.1, -0.05) is 12.1 Å². The van der Waals surface area contributed by atoms with E-state index >= 15 is 0 Å². The third kappa shape index (κ3) is 4.55. The summed E-state index contributed by atoms with van der Waals surface area (Å²) in [4.78, 5) is 23.7. The average molecular weight is 251 g/mol. The van der Waals surface area contributed by atoms with Crippen molar-refractivity contribution in [2.45, 2.75) is 13.5 Å². The van der Waals surface area contributed by atoms with Crippen LogP contribution in [0.25, 0.3) is 0 Å². The molecule has 1 rings (SSSR count). The third-order valence-electron chi connectivity index (χ3n) is 2.36. The summed E-state index contributed by atoms with van der Waals surface area (Å²) in [5.74, 6) is -1.21. The van der Waals surface area contributed by atoms with Crippen LogP contribution in [0.15, 0.2) is 24.3 Å². The van der Waals surface area contributed by atoms with Gasteiger partial charge in [-0.15, -0.1) is 0 Å². The lowest BCUT2D eigenvalue weighted by Gasteiger charge is -2.15. The molecule has 0 fully saturated rings. The number of aromatic carboxylic acids is 1. The highest BCUT2D eigenvalue weighted by molar-refractivity contribution is 5.87. The Kier molecular flexibility index (Phi) is 5.32. The van der Waals surface area contributed by atoms with E-state index in [0.29, 0.717) is 13.2 Å². The van der Waals surface area contributed by atoms with Crippen molar-refractivity contribution in [3.8, 4) is 0 Å². The zero-order valence-corrected chi connectivity index (χ0v) is 10.5. The molecule has 1 aromatic rings. The Balaban J connectivity index is 2.51. The van der Waals surface area contributed by atoms with Gasteiger partial charge >= 0.3 is 11.9 Å². The Hall–Kier alpha value is -1.88. The number of carboxylic acids is 1. The topological polar surface area (TPSA) is 66.8 Å². The van der Waals surface area contributed by atoms with Gasteiger partial charge in [-0.25, -0.2) is 4.79 Å². The van der Waals surface area contributed by atoms with Crippen molar-refractivity contribution < 1.29 is 19.4 Å². The number of carbonyl (C=O) groups excluding carboxylic acids is 1. The van der Waals surface area contributed by atoms with Gasteiger partial charge in [0, 0.05) is 6.54 Å². The van der Waals surface area contributed by atoms with Crippen LogP contribution in [-0.2, 0) is 16.1 Å². The molecule has 0 radical (unpaired) electrons. The van der Waals surface area contributed by atoms with Crippen LogP contribution in [0.3, 0.4) is 0 Å². The molecule has 0 aliphatic heterocycles. The van der Waals surface area contributed by atoms with E-state index < -0.39 is 5.97 Å². The van der Waals surface area contributed by atoms with Crippen molar-refractivity contribution in [1.29, 1.82) is 0 Å². The van der Waals surface area contributed by atoms with E-state index in [4.69, 9.17) is 9.84 Å². The van der Waals surface area contributed by atoms with Gasteiger partial charge in [0.1, 0.15) is 0 Å². The normalized spacial score (nSPS) is 10.4. The summed E-state index contributed by atoms with van der Waals surface area (Å²) in [6, 6.07) is 6.59. The molecule has 0 unspecified atom stereocenters. The van der Waals surface area contributed by atoms with Crippen LogP contribution in [0.4, 0.5) is 0 Å². The van der Waals surface area contributed by atoms with Crippen molar-refractivity contribution >= 4 is 11.9 Å². The lowest BCUT2D eigenvalue weighted by molar-refractivity contribution is -0.144. The van der Waals surface area contributed by atoms with E-state index in [1.165, 1.54) is 0 Å². The first-order chi connectivity index (χ1) is 8.52. The van der Waals surface area contributed by atoms with Crippen LogP contribution in [-0.4, -0.2) is 42.1 Å². The van der Waals surface area contributed by atoms with Crippen molar-refractivity contribution in [3.05, 3.63) is 35.4 Å². The number of carbonyl (C=O) groups is 2. The Morgan fingerprint density at radius 3 is 2.39 bits per heavy atom. The molecular weight excluding hydrogens is 234 g/mol. The summed E-state index contributed by atoms with van der Waals surface area (Å²) in [7, 11) is 1.81. The molecular formula is C13H17NO4. The molecule has 0 aliphatic carbocycles. The first kappa shape index (κ1) is 14.2. The predicted octanol–water partition coefficient (Wildman–Crippen LogP) is 1.38. The van der Waals surface area contributed by atoms with Crippen LogP contribution in [0.1, 0.15) is 22.8 Å². The standard InChI is InChI=1S/C13H17NO4/c1-3-18-12(15)9-14(2)8-10-4-6-11(7-5-10)13(16)17/h4-7H,3,8-9H2,1-2H3,(H,16,17). The van der Waals surface area contributed by atoms with Crippen LogP contribution < -0.4 is 0 Å². The largest absolute Gasteiger partial charge is 0.478 e. The minimum atomic E-state index is -0.943. The number of benzene rings is 1. The maximum atomic E-state index is 11.2. The van der Waals surface area contributed by atoms with Gasteiger partial charge in [0.15, 0.2) is 0 Å². The minimum Gasteiger partial charge on any atom is -0.478 e. The highest BCUT2D eigenvalue weighted by Gasteiger charge is 2.08. The van der Waals surface area contributed by atoms with Gasteiger partial charge in [-0.05, 0) is 31.7 Å². The number of hydrogen-bond acceptors (Lipinski definition) is 4. The maximum absolute atomic E-state index is 11.2. The Labute approximate surface area is 106 Å². The number of likely N-dealkylation sites (N-methyl/N-ethyl adjacent to an activating group) is 1. The molecule has 18 heavy (non-hydrogen) atoms. The molecule has 98 valence electrons. The molecule has 0 saturated carbocycles. The molecule has 5 nitrogen and oxygen atoms in total. The fourth-order valence-electron chi connectivity index (χ4n) is 1.55. The number of rotatable bonds is 6. The monoisotopic (exact) mass is 251 g/mol. The number of carboxylic acid groups (broad SMARTS) is 1. The summed E-state index contributed by atoms with van der Waals surface area (Å²) in [5.41, 5.74) is 1.21. The molecule has 0 aliphatic rings. The van der Waals surface area contributed by atoms with E-state index in [2.05, 4.69) is 0 Å². The van der Waals surface area contributed by atoms with Crippen LogP contribution in [0, 0.1) is 0 Å². The summed E-state index contributed by atoms with van der Waals surface area (Å²) >= 11 is 0. The van der Waals surface area contributed by atoms with Gasteiger partial charge in [-0.2, -0.15) is 0 Å². The molecule has 0 amide bonds. The Bertz CT molecular complexity index is 414. The number of ether oxygens (including phenoxy) is 1. The van der Waals surface area contributed by atoms with Gasteiger partial charge in [0.2, 0.25) is 0 Å². The van der Waals surface area contributed by atoms with Crippen molar-refractivity contribution in [2.75, 3.05) is 20.2 Å². The van der Waals surface area contributed by atoms with Crippen LogP contribution in [0.5, 0.6) is 0 Å². The maximum Gasteiger partial charge on any atom is 0.335 e. The SMILES string of the molecule is CCOC(=O)CN(C)Cc1ccc(C(=O)O)cc1. The Morgan fingerprint density at radius 2 is 1.89 bits per heavy atom. The van der Waals surface area contributed by atoms with Crippen molar-refractivity contribution in [1.82, 2.24) is 4.90 Å². The second-order valence-electron chi connectivity index (χ2n) is 3.98. The zero-order chi connectivity index (χ0) is 13.5.